The van der Waals surface area contributed by atoms with E-state index in [1.165, 1.54) is 7.11 Å². The number of esters is 1. The van der Waals surface area contributed by atoms with Gasteiger partial charge in [0, 0.05) is 11.8 Å². The molecule has 0 unspecified atom stereocenters. The Bertz CT molecular complexity index is 1130. The molecule has 1 aromatic heterocycles. The second-order valence-corrected chi connectivity index (χ2v) is 8.80. The molecule has 0 saturated heterocycles. The predicted octanol–water partition coefficient (Wildman–Crippen LogP) is 3.53. The molecule has 4 rings (SSSR count). The first-order chi connectivity index (χ1) is 14.2. The molecule has 1 atom stereocenters. The molecule has 7 heteroatoms. The molecule has 0 spiro atoms. The topological polar surface area (TPSA) is 106 Å². The van der Waals surface area contributed by atoms with Gasteiger partial charge in [0.15, 0.2) is 11.5 Å². The van der Waals surface area contributed by atoms with Crippen LogP contribution < -0.4 is 0 Å². The Morgan fingerprint density at radius 3 is 2.70 bits per heavy atom. The number of methoxy groups -OCH3 is 1. The Labute approximate surface area is 174 Å². The number of hydrogen-bond acceptors (Lipinski definition) is 6. The van der Waals surface area contributed by atoms with Crippen LogP contribution in [-0.2, 0) is 27.8 Å². The van der Waals surface area contributed by atoms with Crippen LogP contribution in [0.4, 0.5) is 0 Å². The zero-order valence-corrected chi connectivity index (χ0v) is 17.5. The number of hydrogen-bond donors (Lipinski definition) is 0. The number of benzene rings is 1. The number of aryl methyl sites for hydroxylation is 2. The molecule has 2 aromatic rings. The van der Waals surface area contributed by atoms with E-state index < -0.39 is 16.8 Å². The highest BCUT2D eigenvalue weighted by molar-refractivity contribution is 6.07. The molecule has 1 amide bonds. The van der Waals surface area contributed by atoms with Gasteiger partial charge < -0.3 is 9.15 Å². The van der Waals surface area contributed by atoms with Crippen LogP contribution in [0.15, 0.2) is 27.6 Å². The van der Waals surface area contributed by atoms with Crippen molar-refractivity contribution in [3.8, 4) is 6.07 Å². The SMILES string of the molecule is COC(=O)c1nc2oc1[C@@]1(C#N)CCc3ccc(cc31)CCC(=O)N=C2C(C)(C)C. The van der Waals surface area contributed by atoms with Crippen LogP contribution in [0.25, 0.3) is 0 Å². The van der Waals surface area contributed by atoms with Crippen LogP contribution in [0, 0.1) is 16.7 Å². The summed E-state index contributed by atoms with van der Waals surface area (Å²) in [6, 6.07) is 8.31. The van der Waals surface area contributed by atoms with Crippen LogP contribution in [0.1, 0.15) is 72.4 Å². The van der Waals surface area contributed by atoms with E-state index in [1.807, 2.05) is 39.0 Å². The van der Waals surface area contributed by atoms with E-state index in [2.05, 4.69) is 16.0 Å². The highest BCUT2D eigenvalue weighted by Gasteiger charge is 2.48. The van der Waals surface area contributed by atoms with Gasteiger partial charge in [0.05, 0.1) is 13.2 Å². The van der Waals surface area contributed by atoms with Crippen LogP contribution in [-0.4, -0.2) is 29.7 Å². The summed E-state index contributed by atoms with van der Waals surface area (Å²) >= 11 is 0. The van der Waals surface area contributed by atoms with Gasteiger partial charge in [-0.05, 0) is 36.0 Å². The molecule has 1 aliphatic heterocycles. The summed E-state index contributed by atoms with van der Waals surface area (Å²) in [5, 5.41) is 10.3. The van der Waals surface area contributed by atoms with E-state index in [0.29, 0.717) is 25.0 Å². The Hall–Kier alpha value is -3.27. The number of aromatic nitrogens is 1. The standard InChI is InChI=1S/C23H23N3O4/c1-22(2,3)18-20-26-17(21(28)29-4)19(30-20)23(12-24)10-9-14-7-5-13(11-15(14)23)6-8-16(27)25-18/h5,7,11H,6,8-10H2,1-4H3/t23-/m1/s1. The first-order valence-corrected chi connectivity index (χ1v) is 9.95. The molecule has 2 heterocycles. The van der Waals surface area contributed by atoms with Gasteiger partial charge >= 0.3 is 5.97 Å². The van der Waals surface area contributed by atoms with Gasteiger partial charge in [-0.15, -0.1) is 0 Å². The Morgan fingerprint density at radius 2 is 2.03 bits per heavy atom. The zero-order chi connectivity index (χ0) is 21.7. The number of carbonyl (C=O) groups is 2. The first kappa shape index (κ1) is 20.0. The number of oxazole rings is 1. The van der Waals surface area contributed by atoms with E-state index >= 15 is 0 Å². The largest absolute Gasteiger partial charge is 0.464 e. The smallest absolute Gasteiger partial charge is 0.360 e. The number of carbonyl (C=O) groups excluding carboxylic acids is 2. The lowest BCUT2D eigenvalue weighted by Crippen LogP contribution is -2.25. The van der Waals surface area contributed by atoms with Crippen LogP contribution in [0.2, 0.25) is 0 Å². The minimum absolute atomic E-state index is 0.0454. The number of aliphatic imine (C=N–C) groups is 1. The summed E-state index contributed by atoms with van der Waals surface area (Å²) in [4.78, 5) is 33.9. The highest BCUT2D eigenvalue weighted by Crippen LogP contribution is 2.46. The van der Waals surface area contributed by atoms with Gasteiger partial charge in [0.2, 0.25) is 11.8 Å². The average molecular weight is 405 g/mol. The maximum Gasteiger partial charge on any atom is 0.360 e. The summed E-state index contributed by atoms with van der Waals surface area (Å²) in [5.74, 6) is -0.737. The molecule has 154 valence electrons. The summed E-state index contributed by atoms with van der Waals surface area (Å²) in [6.07, 6.45) is 1.90. The van der Waals surface area contributed by atoms with Gasteiger partial charge in [0.1, 0.15) is 11.1 Å². The van der Waals surface area contributed by atoms with Crippen molar-refractivity contribution in [2.45, 2.75) is 51.9 Å². The normalized spacial score (nSPS) is 20.6. The summed E-state index contributed by atoms with van der Waals surface area (Å²) < 4.78 is 11.0. The monoisotopic (exact) mass is 405 g/mol. The Morgan fingerprint density at radius 1 is 1.27 bits per heavy atom. The molecular formula is C23H23N3O4. The molecule has 1 aliphatic carbocycles. The van der Waals surface area contributed by atoms with E-state index in [4.69, 9.17) is 9.15 Å². The lowest BCUT2D eigenvalue weighted by Gasteiger charge is -2.22. The average Bonchev–Trinajstić information content (AvgIpc) is 3.30. The van der Waals surface area contributed by atoms with Crippen molar-refractivity contribution in [1.82, 2.24) is 4.98 Å². The third-order valence-corrected chi connectivity index (χ3v) is 5.76. The predicted molar refractivity (Wildman–Crippen MR) is 108 cm³/mol. The van der Waals surface area contributed by atoms with Crippen LogP contribution >= 0.6 is 0 Å². The molecule has 30 heavy (non-hydrogen) atoms. The fraction of sp³-hybridized carbons (Fsp3) is 0.435. The number of nitriles is 1. The zero-order valence-electron chi connectivity index (χ0n) is 17.5. The Balaban J connectivity index is 2.07. The minimum Gasteiger partial charge on any atom is -0.464 e. The second kappa shape index (κ2) is 6.91. The van der Waals surface area contributed by atoms with Crippen molar-refractivity contribution in [2.24, 2.45) is 10.4 Å². The van der Waals surface area contributed by atoms with Crippen molar-refractivity contribution in [1.29, 1.82) is 5.26 Å². The van der Waals surface area contributed by atoms with Gasteiger partial charge in [0.25, 0.3) is 0 Å². The highest BCUT2D eigenvalue weighted by atomic mass is 16.5. The van der Waals surface area contributed by atoms with E-state index in [-0.39, 0.29) is 29.7 Å². The minimum atomic E-state index is -1.15. The number of nitrogens with zero attached hydrogens (tertiary/aromatic N) is 3. The van der Waals surface area contributed by atoms with Crippen molar-refractivity contribution < 1.29 is 18.7 Å². The maximum absolute atomic E-state index is 12.6. The van der Waals surface area contributed by atoms with E-state index in [9.17, 15) is 14.9 Å². The van der Waals surface area contributed by atoms with Gasteiger partial charge in [-0.25, -0.2) is 14.8 Å². The van der Waals surface area contributed by atoms with Crippen molar-refractivity contribution in [2.75, 3.05) is 7.11 Å². The molecule has 0 saturated carbocycles. The number of ether oxygens (including phenoxy) is 1. The van der Waals surface area contributed by atoms with Crippen molar-refractivity contribution in [3.05, 3.63) is 52.2 Å². The summed E-state index contributed by atoms with van der Waals surface area (Å²) in [7, 11) is 1.26. The molecule has 7 nitrogen and oxygen atoms in total. The first-order valence-electron chi connectivity index (χ1n) is 9.95. The van der Waals surface area contributed by atoms with Crippen molar-refractivity contribution in [3.63, 3.8) is 0 Å². The quantitative estimate of drug-likeness (QED) is 0.672. The van der Waals surface area contributed by atoms with Crippen molar-refractivity contribution >= 4 is 17.6 Å². The second-order valence-electron chi connectivity index (χ2n) is 8.80. The maximum atomic E-state index is 12.6. The number of amides is 1. The molecule has 0 radical (unpaired) electrons. The fourth-order valence-electron chi connectivity index (χ4n) is 4.17. The molecule has 4 bridgehead atoms. The van der Waals surface area contributed by atoms with Gasteiger partial charge in [-0.3, -0.25) is 4.79 Å². The van der Waals surface area contributed by atoms with Crippen LogP contribution in [0.5, 0.6) is 0 Å². The third kappa shape index (κ3) is 3.04. The molecule has 2 aliphatic rings. The number of fused-ring (bicyclic) bond motifs is 4. The Kier molecular flexibility index (Phi) is 4.61. The van der Waals surface area contributed by atoms with E-state index in [1.54, 1.807) is 0 Å². The lowest BCUT2D eigenvalue weighted by atomic mass is 9.79. The van der Waals surface area contributed by atoms with Gasteiger partial charge in [-0.2, -0.15) is 5.26 Å². The third-order valence-electron chi connectivity index (χ3n) is 5.76. The molecule has 0 N–H and O–H groups in total. The summed E-state index contributed by atoms with van der Waals surface area (Å²) in [5.41, 5.74) is 1.36. The molecule has 1 aromatic carbocycles. The number of rotatable bonds is 1. The van der Waals surface area contributed by atoms with E-state index in [0.717, 1.165) is 16.7 Å². The molecular weight excluding hydrogens is 382 g/mol. The fourth-order valence-corrected chi connectivity index (χ4v) is 4.17. The van der Waals surface area contributed by atoms with Crippen LogP contribution in [0.3, 0.4) is 0 Å². The van der Waals surface area contributed by atoms with Gasteiger partial charge in [-0.1, -0.05) is 39.0 Å². The molecule has 0 fully saturated rings. The summed E-state index contributed by atoms with van der Waals surface area (Å²) in [6.45, 7) is 5.68. The lowest BCUT2D eigenvalue weighted by molar-refractivity contribution is -0.117.